The predicted octanol–water partition coefficient (Wildman–Crippen LogP) is 1.64. The Morgan fingerprint density at radius 2 is 2.11 bits per heavy atom. The van der Waals surface area contributed by atoms with Crippen LogP contribution in [0.1, 0.15) is 39.5 Å². The normalized spacial score (nSPS) is 27.8. The Morgan fingerprint density at radius 3 is 2.74 bits per heavy atom. The lowest BCUT2D eigenvalue weighted by Crippen LogP contribution is -2.47. The number of nitrogens with one attached hydrogen (secondary N) is 1. The van der Waals surface area contributed by atoms with Gasteiger partial charge in [-0.15, -0.1) is 0 Å². The van der Waals surface area contributed by atoms with Crippen molar-refractivity contribution in [1.29, 1.82) is 0 Å². The van der Waals surface area contributed by atoms with Gasteiger partial charge in [0.05, 0.1) is 12.2 Å². The van der Waals surface area contributed by atoms with Crippen LogP contribution in [0.2, 0.25) is 0 Å². The van der Waals surface area contributed by atoms with E-state index in [2.05, 4.69) is 24.1 Å². The van der Waals surface area contributed by atoms with Crippen molar-refractivity contribution in [2.45, 2.75) is 57.8 Å². The maximum atomic E-state index is 5.70. The molecule has 2 unspecified atom stereocenters. The third kappa shape index (κ3) is 5.03. The molecule has 0 amide bonds. The Labute approximate surface area is 117 Å². The van der Waals surface area contributed by atoms with E-state index in [1.807, 2.05) is 0 Å². The Morgan fingerprint density at radius 1 is 1.32 bits per heavy atom. The third-order valence-electron chi connectivity index (χ3n) is 4.34. The fourth-order valence-electron chi connectivity index (χ4n) is 3.11. The molecule has 112 valence electrons. The van der Waals surface area contributed by atoms with Crippen molar-refractivity contribution >= 4 is 0 Å². The molecular weight excluding hydrogens is 240 g/mol. The van der Waals surface area contributed by atoms with Gasteiger partial charge in [-0.05, 0) is 39.5 Å². The van der Waals surface area contributed by atoms with Crippen LogP contribution in [0, 0.1) is 0 Å². The highest BCUT2D eigenvalue weighted by molar-refractivity contribution is 4.78. The fourth-order valence-corrected chi connectivity index (χ4v) is 3.11. The van der Waals surface area contributed by atoms with Gasteiger partial charge in [0.1, 0.15) is 0 Å². The Balaban J connectivity index is 1.57. The summed E-state index contributed by atoms with van der Waals surface area (Å²) >= 11 is 0. The monoisotopic (exact) mass is 270 g/mol. The molecule has 2 aliphatic heterocycles. The van der Waals surface area contributed by atoms with Crippen molar-refractivity contribution in [3.63, 3.8) is 0 Å². The van der Waals surface area contributed by atoms with Crippen molar-refractivity contribution in [3.8, 4) is 0 Å². The molecule has 2 heterocycles. The topological polar surface area (TPSA) is 33.7 Å². The second kappa shape index (κ2) is 8.20. The second-order valence-corrected chi connectivity index (χ2v) is 5.83. The van der Waals surface area contributed by atoms with Crippen molar-refractivity contribution in [2.24, 2.45) is 0 Å². The number of piperidine rings is 1. The van der Waals surface area contributed by atoms with Crippen LogP contribution >= 0.6 is 0 Å². The Bertz CT molecular complexity index is 236. The standard InChI is InChI=1S/C15H30N2O2/c1-3-18-14-6-8-17(9-7-14)13(2)11-16-12-15-5-4-10-19-15/h13-16H,3-12H2,1-2H3. The van der Waals surface area contributed by atoms with Crippen LogP contribution in [0.25, 0.3) is 0 Å². The van der Waals surface area contributed by atoms with E-state index in [1.54, 1.807) is 0 Å². The molecule has 2 rings (SSSR count). The number of hydrogen-bond donors (Lipinski definition) is 1. The lowest BCUT2D eigenvalue weighted by Gasteiger charge is -2.36. The van der Waals surface area contributed by atoms with E-state index in [1.165, 1.54) is 38.8 Å². The maximum Gasteiger partial charge on any atom is 0.0700 e. The van der Waals surface area contributed by atoms with E-state index >= 15 is 0 Å². The van der Waals surface area contributed by atoms with Crippen LogP contribution in [-0.2, 0) is 9.47 Å². The zero-order valence-corrected chi connectivity index (χ0v) is 12.6. The van der Waals surface area contributed by atoms with Crippen LogP contribution in [-0.4, -0.2) is 62.5 Å². The molecule has 0 aromatic carbocycles. The molecular formula is C15H30N2O2. The molecule has 1 N–H and O–H groups in total. The first-order valence-electron chi connectivity index (χ1n) is 7.97. The minimum atomic E-state index is 0.455. The van der Waals surface area contributed by atoms with Crippen molar-refractivity contribution < 1.29 is 9.47 Å². The van der Waals surface area contributed by atoms with Crippen LogP contribution in [0.5, 0.6) is 0 Å². The number of rotatable bonds is 7. The van der Waals surface area contributed by atoms with Gasteiger partial charge in [-0.3, -0.25) is 4.90 Å². The summed E-state index contributed by atoms with van der Waals surface area (Å²) in [4.78, 5) is 2.58. The Kier molecular flexibility index (Phi) is 6.57. The van der Waals surface area contributed by atoms with Crippen LogP contribution in [0.15, 0.2) is 0 Å². The van der Waals surface area contributed by atoms with Crippen LogP contribution in [0.4, 0.5) is 0 Å². The summed E-state index contributed by atoms with van der Waals surface area (Å²) in [5, 5.41) is 3.56. The highest BCUT2D eigenvalue weighted by atomic mass is 16.5. The predicted molar refractivity (Wildman–Crippen MR) is 77.5 cm³/mol. The van der Waals surface area contributed by atoms with Crippen molar-refractivity contribution in [2.75, 3.05) is 39.4 Å². The molecule has 2 atom stereocenters. The molecule has 0 aromatic rings. The van der Waals surface area contributed by atoms with Crippen molar-refractivity contribution in [3.05, 3.63) is 0 Å². The summed E-state index contributed by atoms with van der Waals surface area (Å²) in [6, 6.07) is 0.615. The quantitative estimate of drug-likeness (QED) is 0.762. The van der Waals surface area contributed by atoms with E-state index < -0.39 is 0 Å². The van der Waals surface area contributed by atoms with Crippen LogP contribution < -0.4 is 5.32 Å². The molecule has 19 heavy (non-hydrogen) atoms. The third-order valence-corrected chi connectivity index (χ3v) is 4.34. The zero-order chi connectivity index (χ0) is 13.5. The van der Waals surface area contributed by atoms with E-state index in [9.17, 15) is 0 Å². The van der Waals surface area contributed by atoms with Gasteiger partial charge in [0, 0.05) is 45.4 Å². The first-order chi connectivity index (χ1) is 9.29. The number of hydrogen-bond acceptors (Lipinski definition) is 4. The van der Waals surface area contributed by atoms with Gasteiger partial charge >= 0.3 is 0 Å². The summed E-state index contributed by atoms with van der Waals surface area (Å²) in [7, 11) is 0. The second-order valence-electron chi connectivity index (χ2n) is 5.83. The van der Waals surface area contributed by atoms with E-state index in [-0.39, 0.29) is 0 Å². The lowest BCUT2D eigenvalue weighted by atomic mass is 10.1. The number of nitrogens with zero attached hydrogens (tertiary/aromatic N) is 1. The van der Waals surface area contributed by atoms with Gasteiger partial charge in [0.25, 0.3) is 0 Å². The minimum Gasteiger partial charge on any atom is -0.378 e. The van der Waals surface area contributed by atoms with Gasteiger partial charge in [-0.2, -0.15) is 0 Å². The molecule has 0 aliphatic carbocycles. The molecule has 4 nitrogen and oxygen atoms in total. The van der Waals surface area contributed by atoms with Gasteiger partial charge in [0.2, 0.25) is 0 Å². The first kappa shape index (κ1) is 15.2. The van der Waals surface area contributed by atoms with E-state index in [4.69, 9.17) is 9.47 Å². The van der Waals surface area contributed by atoms with Gasteiger partial charge in [-0.1, -0.05) is 0 Å². The molecule has 2 fully saturated rings. The molecule has 4 heteroatoms. The molecule has 2 aliphatic rings. The fraction of sp³-hybridized carbons (Fsp3) is 1.00. The molecule has 2 saturated heterocycles. The van der Waals surface area contributed by atoms with Gasteiger partial charge in [0.15, 0.2) is 0 Å². The summed E-state index contributed by atoms with van der Waals surface area (Å²) in [6.07, 6.45) is 5.77. The molecule has 0 radical (unpaired) electrons. The molecule has 0 spiro atoms. The summed E-state index contributed by atoms with van der Waals surface area (Å²) in [5.41, 5.74) is 0. The minimum absolute atomic E-state index is 0.455. The summed E-state index contributed by atoms with van der Waals surface area (Å²) in [6.45, 7) is 10.6. The molecule has 0 bridgehead atoms. The first-order valence-corrected chi connectivity index (χ1v) is 7.97. The maximum absolute atomic E-state index is 5.70. The highest BCUT2D eigenvalue weighted by Gasteiger charge is 2.23. The number of ether oxygens (including phenoxy) is 2. The molecule has 0 aromatic heterocycles. The number of likely N-dealkylation sites (tertiary alicyclic amines) is 1. The van der Waals surface area contributed by atoms with Gasteiger partial charge < -0.3 is 14.8 Å². The highest BCUT2D eigenvalue weighted by Crippen LogP contribution is 2.16. The van der Waals surface area contributed by atoms with E-state index in [0.29, 0.717) is 18.2 Å². The smallest absolute Gasteiger partial charge is 0.0700 e. The largest absolute Gasteiger partial charge is 0.378 e. The average Bonchev–Trinajstić information content (AvgIpc) is 2.93. The Hall–Kier alpha value is -0.160. The van der Waals surface area contributed by atoms with Crippen molar-refractivity contribution in [1.82, 2.24) is 10.2 Å². The van der Waals surface area contributed by atoms with E-state index in [0.717, 1.165) is 26.3 Å². The average molecular weight is 270 g/mol. The summed E-state index contributed by atoms with van der Waals surface area (Å²) in [5.74, 6) is 0. The SMILES string of the molecule is CCOC1CCN(C(C)CNCC2CCCO2)CC1. The van der Waals surface area contributed by atoms with Gasteiger partial charge in [-0.25, -0.2) is 0 Å². The molecule has 0 saturated carbocycles. The van der Waals surface area contributed by atoms with Crippen LogP contribution in [0.3, 0.4) is 0 Å². The zero-order valence-electron chi connectivity index (χ0n) is 12.6. The summed E-state index contributed by atoms with van der Waals surface area (Å²) < 4.78 is 11.3. The lowest BCUT2D eigenvalue weighted by molar-refractivity contribution is 0.00559.